The van der Waals surface area contributed by atoms with Crippen LogP contribution in [0.15, 0.2) is 0 Å². The van der Waals surface area contributed by atoms with E-state index in [0.29, 0.717) is 6.04 Å². The van der Waals surface area contributed by atoms with Gasteiger partial charge in [-0.15, -0.1) is 0 Å². The van der Waals surface area contributed by atoms with E-state index in [1.807, 2.05) is 0 Å². The minimum Gasteiger partial charge on any atom is -0.313 e. The second-order valence-corrected chi connectivity index (χ2v) is 7.31. The average molecular weight is 266 g/mol. The van der Waals surface area contributed by atoms with Crippen molar-refractivity contribution < 1.29 is 0 Å². The fourth-order valence-corrected chi connectivity index (χ4v) is 4.65. The summed E-state index contributed by atoms with van der Waals surface area (Å²) in [6.45, 7) is 14.5. The lowest BCUT2D eigenvalue weighted by atomic mass is 9.74. The predicted molar refractivity (Wildman–Crippen MR) is 83.4 cm³/mol. The first-order valence-corrected chi connectivity index (χ1v) is 8.53. The van der Waals surface area contributed by atoms with E-state index in [2.05, 4.69) is 44.8 Å². The van der Waals surface area contributed by atoms with Gasteiger partial charge < -0.3 is 5.32 Å². The van der Waals surface area contributed by atoms with Crippen LogP contribution in [0.1, 0.15) is 60.3 Å². The molecule has 2 fully saturated rings. The van der Waals surface area contributed by atoms with Crippen molar-refractivity contribution in [3.05, 3.63) is 0 Å². The van der Waals surface area contributed by atoms with Crippen molar-refractivity contribution in [1.29, 1.82) is 0 Å². The first kappa shape index (κ1) is 15.3. The fraction of sp³-hybridized carbons (Fsp3) is 1.00. The highest BCUT2D eigenvalue weighted by Gasteiger charge is 2.40. The van der Waals surface area contributed by atoms with Crippen molar-refractivity contribution in [1.82, 2.24) is 10.2 Å². The van der Waals surface area contributed by atoms with Crippen molar-refractivity contribution in [3.8, 4) is 0 Å². The summed E-state index contributed by atoms with van der Waals surface area (Å²) in [6, 6.07) is 2.22. The van der Waals surface area contributed by atoms with E-state index in [1.54, 1.807) is 0 Å². The maximum absolute atomic E-state index is 3.79. The van der Waals surface area contributed by atoms with Crippen molar-refractivity contribution in [2.24, 2.45) is 17.8 Å². The maximum Gasteiger partial charge on any atom is 0.0278 e. The molecule has 1 heterocycles. The normalized spacial score (nSPS) is 45.3. The smallest absolute Gasteiger partial charge is 0.0278 e. The van der Waals surface area contributed by atoms with E-state index >= 15 is 0 Å². The molecule has 2 aliphatic rings. The Morgan fingerprint density at radius 3 is 2.47 bits per heavy atom. The van der Waals surface area contributed by atoms with Crippen LogP contribution >= 0.6 is 0 Å². The third-order valence-corrected chi connectivity index (χ3v) is 5.70. The van der Waals surface area contributed by atoms with Gasteiger partial charge >= 0.3 is 0 Å². The fourth-order valence-electron chi connectivity index (χ4n) is 4.65. The highest BCUT2D eigenvalue weighted by molar-refractivity contribution is 4.97. The SMILES string of the molecule is CCNC1CC(C)CC(C)C1N1CCCC(C)C1C. The molecule has 2 nitrogen and oxygen atoms in total. The third-order valence-electron chi connectivity index (χ3n) is 5.70. The van der Waals surface area contributed by atoms with Gasteiger partial charge in [0.2, 0.25) is 0 Å². The summed E-state index contributed by atoms with van der Waals surface area (Å²) in [5.74, 6) is 2.58. The van der Waals surface area contributed by atoms with Gasteiger partial charge in [0.25, 0.3) is 0 Å². The molecule has 1 aliphatic carbocycles. The van der Waals surface area contributed by atoms with Gasteiger partial charge in [-0.05, 0) is 63.5 Å². The van der Waals surface area contributed by atoms with Gasteiger partial charge in [-0.2, -0.15) is 0 Å². The van der Waals surface area contributed by atoms with Crippen LogP contribution in [-0.2, 0) is 0 Å². The maximum atomic E-state index is 3.79. The minimum atomic E-state index is 0.705. The molecule has 0 spiro atoms. The molecule has 1 saturated heterocycles. The van der Waals surface area contributed by atoms with Crippen LogP contribution in [0.2, 0.25) is 0 Å². The van der Waals surface area contributed by atoms with Gasteiger partial charge in [-0.25, -0.2) is 0 Å². The van der Waals surface area contributed by atoms with Crippen LogP contribution < -0.4 is 5.32 Å². The van der Waals surface area contributed by atoms with Gasteiger partial charge in [0, 0.05) is 18.1 Å². The molecule has 0 aromatic carbocycles. The summed E-state index contributed by atoms with van der Waals surface area (Å²) < 4.78 is 0. The average Bonchev–Trinajstić information content (AvgIpc) is 2.34. The van der Waals surface area contributed by atoms with E-state index in [9.17, 15) is 0 Å². The Kier molecular flexibility index (Phi) is 5.30. The summed E-state index contributed by atoms with van der Waals surface area (Å²) in [7, 11) is 0. The van der Waals surface area contributed by atoms with Crippen molar-refractivity contribution >= 4 is 0 Å². The summed E-state index contributed by atoms with van der Waals surface area (Å²) >= 11 is 0. The summed E-state index contributed by atoms with van der Waals surface area (Å²) in [4.78, 5) is 2.85. The lowest BCUT2D eigenvalue weighted by Gasteiger charge is -2.51. The van der Waals surface area contributed by atoms with Gasteiger partial charge in [-0.1, -0.05) is 27.7 Å². The number of hydrogen-bond acceptors (Lipinski definition) is 2. The quantitative estimate of drug-likeness (QED) is 0.841. The molecule has 1 aliphatic heterocycles. The number of likely N-dealkylation sites (N-methyl/N-ethyl adjacent to an activating group) is 1. The van der Waals surface area contributed by atoms with Crippen LogP contribution in [-0.4, -0.2) is 36.1 Å². The summed E-state index contributed by atoms with van der Waals surface area (Å²) in [5.41, 5.74) is 0. The van der Waals surface area contributed by atoms with Crippen molar-refractivity contribution in [2.75, 3.05) is 13.1 Å². The van der Waals surface area contributed by atoms with E-state index in [-0.39, 0.29) is 0 Å². The third kappa shape index (κ3) is 3.33. The molecule has 6 unspecified atom stereocenters. The van der Waals surface area contributed by atoms with Crippen LogP contribution in [0.25, 0.3) is 0 Å². The van der Waals surface area contributed by atoms with Gasteiger partial charge in [0.05, 0.1) is 0 Å². The second kappa shape index (κ2) is 6.58. The standard InChI is InChI=1S/C17H34N2/c1-6-18-16-11-12(2)10-14(4)17(16)19-9-7-8-13(3)15(19)5/h12-18H,6-11H2,1-5H3. The van der Waals surface area contributed by atoms with Gasteiger partial charge in [0.1, 0.15) is 0 Å². The molecule has 1 N–H and O–H groups in total. The number of piperidine rings is 1. The molecule has 0 bridgehead atoms. The second-order valence-electron chi connectivity index (χ2n) is 7.31. The minimum absolute atomic E-state index is 0.705. The topological polar surface area (TPSA) is 15.3 Å². The van der Waals surface area contributed by atoms with Crippen LogP contribution in [0.4, 0.5) is 0 Å². The molecule has 0 aromatic rings. The molecule has 0 amide bonds. The monoisotopic (exact) mass is 266 g/mol. The highest BCUT2D eigenvalue weighted by Crippen LogP contribution is 2.36. The molecule has 2 rings (SSSR count). The number of nitrogens with one attached hydrogen (secondary N) is 1. The lowest BCUT2D eigenvalue weighted by Crippen LogP contribution is -2.60. The van der Waals surface area contributed by atoms with Gasteiger partial charge in [-0.3, -0.25) is 4.90 Å². The Morgan fingerprint density at radius 2 is 1.79 bits per heavy atom. The number of hydrogen-bond donors (Lipinski definition) is 1. The Hall–Kier alpha value is -0.0800. The van der Waals surface area contributed by atoms with E-state index in [0.717, 1.165) is 36.4 Å². The summed E-state index contributed by atoms with van der Waals surface area (Å²) in [6.07, 6.45) is 5.58. The molecule has 6 atom stereocenters. The Labute approximate surface area is 120 Å². The zero-order valence-electron chi connectivity index (χ0n) is 13.7. The number of rotatable bonds is 3. The lowest BCUT2D eigenvalue weighted by molar-refractivity contribution is -0.00185. The van der Waals surface area contributed by atoms with Crippen LogP contribution in [0, 0.1) is 17.8 Å². The Bertz CT molecular complexity index is 278. The van der Waals surface area contributed by atoms with Gasteiger partial charge in [0.15, 0.2) is 0 Å². The number of likely N-dealkylation sites (tertiary alicyclic amines) is 1. The molecule has 19 heavy (non-hydrogen) atoms. The molecule has 1 saturated carbocycles. The van der Waals surface area contributed by atoms with E-state index in [4.69, 9.17) is 0 Å². The molecule has 2 heteroatoms. The van der Waals surface area contributed by atoms with Crippen LogP contribution in [0.5, 0.6) is 0 Å². The zero-order chi connectivity index (χ0) is 14.0. The first-order chi connectivity index (χ1) is 9.04. The number of nitrogens with zero attached hydrogens (tertiary/aromatic N) is 1. The van der Waals surface area contributed by atoms with E-state index < -0.39 is 0 Å². The van der Waals surface area contributed by atoms with Crippen LogP contribution in [0.3, 0.4) is 0 Å². The first-order valence-electron chi connectivity index (χ1n) is 8.53. The predicted octanol–water partition coefficient (Wildman–Crippen LogP) is 3.52. The van der Waals surface area contributed by atoms with Crippen molar-refractivity contribution in [3.63, 3.8) is 0 Å². The Balaban J connectivity index is 2.13. The van der Waals surface area contributed by atoms with E-state index in [1.165, 1.54) is 32.2 Å². The Morgan fingerprint density at radius 1 is 1.05 bits per heavy atom. The molecular weight excluding hydrogens is 232 g/mol. The molecular formula is C17H34N2. The molecule has 0 radical (unpaired) electrons. The van der Waals surface area contributed by atoms with Crippen molar-refractivity contribution in [2.45, 2.75) is 78.4 Å². The summed E-state index contributed by atoms with van der Waals surface area (Å²) in [5, 5.41) is 3.79. The highest BCUT2D eigenvalue weighted by atomic mass is 15.2. The largest absolute Gasteiger partial charge is 0.313 e. The zero-order valence-corrected chi connectivity index (χ0v) is 13.7. The molecule has 112 valence electrons. The molecule has 0 aromatic heterocycles.